The lowest BCUT2D eigenvalue weighted by atomic mass is 9.60. The van der Waals surface area contributed by atoms with Gasteiger partial charge in [0.2, 0.25) is 5.82 Å². The van der Waals surface area contributed by atoms with Crippen LogP contribution in [0.1, 0.15) is 70.1 Å². The van der Waals surface area contributed by atoms with Gasteiger partial charge in [-0.15, -0.1) is 0 Å². The minimum absolute atomic E-state index is 0.0588. The Bertz CT molecular complexity index is 2840. The van der Waals surface area contributed by atoms with Crippen molar-refractivity contribution < 1.29 is 14.0 Å². The number of allylic oxidation sites excluding steroid dienone is 1. The van der Waals surface area contributed by atoms with E-state index in [0.29, 0.717) is 6.61 Å². The molecule has 0 N–H and O–H groups in total. The molecule has 1 aliphatic heterocycles. The first-order valence-electron chi connectivity index (χ1n) is 22.0. The Labute approximate surface area is 360 Å². The van der Waals surface area contributed by atoms with E-state index in [1.807, 2.05) is 6.08 Å². The summed E-state index contributed by atoms with van der Waals surface area (Å²) in [6.45, 7) is 13.8. The zero-order chi connectivity index (χ0) is 42.1. The number of ether oxygens (including phenoxy) is 2. The van der Waals surface area contributed by atoms with Crippen LogP contribution in [0.3, 0.4) is 0 Å². The molecule has 0 amide bonds. The van der Waals surface area contributed by atoms with Gasteiger partial charge in [0.1, 0.15) is 5.54 Å². The van der Waals surface area contributed by atoms with E-state index in [1.165, 1.54) is 38.8 Å². The third-order valence-corrected chi connectivity index (χ3v) is 13.7. The van der Waals surface area contributed by atoms with Crippen LogP contribution in [0.25, 0.3) is 67.3 Å². The summed E-state index contributed by atoms with van der Waals surface area (Å²) in [4.78, 5) is 5.65. The first kappa shape index (κ1) is 40.1. The zero-order valence-electron chi connectivity index (χ0n) is 36.2. The maximum atomic E-state index is 6.93. The van der Waals surface area contributed by atoms with Gasteiger partial charge in [-0.1, -0.05) is 143 Å². The van der Waals surface area contributed by atoms with Crippen LogP contribution < -0.4 is 4.57 Å². The van der Waals surface area contributed by atoms with Crippen molar-refractivity contribution in [3.8, 4) is 33.6 Å². The van der Waals surface area contributed by atoms with Crippen LogP contribution in [0.5, 0.6) is 0 Å². The van der Waals surface area contributed by atoms with E-state index in [2.05, 4.69) is 195 Å². The molecule has 0 bridgehead atoms. The fourth-order valence-electron chi connectivity index (χ4n) is 10.2. The highest BCUT2D eigenvalue weighted by molar-refractivity contribution is 5.99. The first-order chi connectivity index (χ1) is 29.8. The van der Waals surface area contributed by atoms with Crippen LogP contribution in [0.4, 0.5) is 0 Å². The predicted octanol–water partition coefficient (Wildman–Crippen LogP) is 13.3. The molecule has 5 nitrogen and oxygen atoms in total. The molecule has 306 valence electrons. The summed E-state index contributed by atoms with van der Waals surface area (Å²) in [5.41, 5.74) is 13.6. The minimum atomic E-state index is -0.324. The van der Waals surface area contributed by atoms with Crippen LogP contribution in [-0.4, -0.2) is 29.2 Å². The van der Waals surface area contributed by atoms with Crippen molar-refractivity contribution in [2.75, 3.05) is 13.7 Å². The molecule has 8 aromatic rings. The Kier molecular flexibility index (Phi) is 10.9. The third-order valence-electron chi connectivity index (χ3n) is 13.7. The average Bonchev–Trinajstić information content (AvgIpc) is 3.67. The number of rotatable bonds is 15. The van der Waals surface area contributed by atoms with Crippen molar-refractivity contribution in [2.24, 2.45) is 0 Å². The largest absolute Gasteiger partial charge is 0.498 e. The number of benzene rings is 6. The lowest BCUT2D eigenvalue weighted by molar-refractivity contribution is -0.734. The standard InChI is InChI=1S/C56H56N3O2/c1-7-40-27-29-41(30-28-40)31-32-47(35-39(4)60-6)61-34-33-56(9-3)55(5,8-2)48-23-18-24-49-52(48)54-58(50-25-16-17-26-51(50)59(54)56)53(57-49)46-37-44(42-19-12-10-13-20-42)36-45(38-46)43-21-14-11-15-22-43/h7,10-30,35-39H,1,8-9,31-34H2,2-6H3/q+1. The molecule has 0 spiro atoms. The number of fused-ring (bicyclic) bond motifs is 3. The lowest BCUT2D eigenvalue weighted by Gasteiger charge is -2.49. The summed E-state index contributed by atoms with van der Waals surface area (Å²) in [5, 5.41) is 1.23. The van der Waals surface area contributed by atoms with Gasteiger partial charge < -0.3 is 9.47 Å². The number of imidazole rings is 1. The van der Waals surface area contributed by atoms with Gasteiger partial charge in [0.05, 0.1) is 29.4 Å². The second-order valence-electron chi connectivity index (χ2n) is 16.8. The van der Waals surface area contributed by atoms with E-state index in [-0.39, 0.29) is 17.1 Å². The number of methoxy groups -OCH3 is 1. The van der Waals surface area contributed by atoms with E-state index in [4.69, 9.17) is 14.5 Å². The lowest BCUT2D eigenvalue weighted by Crippen LogP contribution is -2.68. The molecule has 9 rings (SSSR count). The monoisotopic (exact) mass is 802 g/mol. The van der Waals surface area contributed by atoms with Crippen molar-refractivity contribution >= 4 is 33.7 Å². The summed E-state index contributed by atoms with van der Waals surface area (Å²) in [6.07, 6.45) is 8.36. The Balaban J connectivity index is 1.22. The fourth-order valence-corrected chi connectivity index (χ4v) is 10.2. The molecule has 3 unspecified atom stereocenters. The Hall–Kier alpha value is -6.30. The van der Waals surface area contributed by atoms with Crippen LogP contribution in [0.2, 0.25) is 0 Å². The Morgan fingerprint density at radius 1 is 0.770 bits per heavy atom. The van der Waals surface area contributed by atoms with E-state index in [0.717, 1.165) is 77.0 Å². The molecular formula is C56H56N3O2+. The topological polar surface area (TPSA) is 39.6 Å². The van der Waals surface area contributed by atoms with E-state index < -0.39 is 0 Å². The Morgan fingerprint density at radius 2 is 1.43 bits per heavy atom. The van der Waals surface area contributed by atoms with Gasteiger partial charge in [0, 0.05) is 30.9 Å². The second kappa shape index (κ2) is 16.6. The summed E-state index contributed by atoms with van der Waals surface area (Å²) < 4.78 is 17.8. The summed E-state index contributed by atoms with van der Waals surface area (Å²) in [7, 11) is 1.76. The van der Waals surface area contributed by atoms with E-state index in [9.17, 15) is 0 Å². The van der Waals surface area contributed by atoms with E-state index in [1.54, 1.807) is 7.11 Å². The smallest absolute Gasteiger partial charge is 0.299 e. The third kappa shape index (κ3) is 6.95. The van der Waals surface area contributed by atoms with Crippen LogP contribution in [-0.2, 0) is 26.8 Å². The van der Waals surface area contributed by atoms with Crippen molar-refractivity contribution in [1.82, 2.24) is 9.38 Å². The molecule has 61 heavy (non-hydrogen) atoms. The maximum absolute atomic E-state index is 6.93. The van der Waals surface area contributed by atoms with Gasteiger partial charge in [-0.2, -0.15) is 4.40 Å². The van der Waals surface area contributed by atoms with Gasteiger partial charge in [-0.25, -0.2) is 9.55 Å². The number of hydrogen-bond acceptors (Lipinski definition) is 3. The van der Waals surface area contributed by atoms with Crippen LogP contribution in [0.15, 0.2) is 164 Å². The zero-order valence-corrected chi connectivity index (χ0v) is 36.2. The average molecular weight is 803 g/mol. The van der Waals surface area contributed by atoms with Crippen molar-refractivity contribution in [2.45, 2.75) is 76.9 Å². The van der Waals surface area contributed by atoms with Gasteiger partial charge >= 0.3 is 0 Å². The second-order valence-corrected chi connectivity index (χ2v) is 16.8. The van der Waals surface area contributed by atoms with Crippen molar-refractivity contribution in [3.05, 3.63) is 181 Å². The van der Waals surface area contributed by atoms with Crippen LogP contribution in [0, 0.1) is 0 Å². The highest BCUT2D eigenvalue weighted by atomic mass is 16.5. The molecule has 5 heteroatoms. The number of nitrogens with zero attached hydrogens (tertiary/aromatic N) is 3. The van der Waals surface area contributed by atoms with Crippen molar-refractivity contribution in [3.63, 3.8) is 0 Å². The van der Waals surface area contributed by atoms with E-state index >= 15 is 0 Å². The van der Waals surface area contributed by atoms with Gasteiger partial charge in [-0.3, -0.25) is 0 Å². The number of aryl methyl sites for hydroxylation is 1. The first-order valence-corrected chi connectivity index (χ1v) is 22.0. The Morgan fingerprint density at radius 3 is 2.07 bits per heavy atom. The molecule has 2 aromatic heterocycles. The van der Waals surface area contributed by atoms with Gasteiger partial charge in [0.25, 0.3) is 5.65 Å². The highest BCUT2D eigenvalue weighted by Gasteiger charge is 2.58. The number of para-hydroxylation sites is 2. The molecule has 0 aliphatic carbocycles. The van der Waals surface area contributed by atoms with Gasteiger partial charge in [0.15, 0.2) is 11.0 Å². The molecule has 1 aliphatic rings. The number of hydrogen-bond donors (Lipinski definition) is 0. The normalized spacial score (nSPS) is 18.0. The molecule has 0 saturated heterocycles. The summed E-state index contributed by atoms with van der Waals surface area (Å²) in [6, 6.07) is 52.7. The molecule has 3 heterocycles. The van der Waals surface area contributed by atoms with Gasteiger partial charge in [-0.05, 0) is 108 Å². The SMILES string of the molecule is C=Cc1ccc(CCC(=CC(C)OC)OCCC2(CC)[n+]3c4ccccc4n4c(-c5cc(-c6ccccc6)cc(-c6ccccc6)c5)nc5cccc(c5c43)C2(C)CC)cc1. The summed E-state index contributed by atoms with van der Waals surface area (Å²) in [5.74, 6) is 1.91. The molecular weight excluding hydrogens is 747 g/mol. The van der Waals surface area contributed by atoms with Crippen molar-refractivity contribution in [1.29, 1.82) is 0 Å². The molecule has 0 radical (unpaired) electrons. The molecule has 6 aromatic carbocycles. The molecule has 3 atom stereocenters. The number of aromatic nitrogens is 3. The fraction of sp³-hybridized carbons (Fsp3) is 0.250. The highest BCUT2D eigenvalue weighted by Crippen LogP contribution is 2.52. The quantitative estimate of drug-likeness (QED) is 0.0766. The minimum Gasteiger partial charge on any atom is -0.498 e. The van der Waals surface area contributed by atoms with Crippen LogP contribution >= 0.6 is 0 Å². The summed E-state index contributed by atoms with van der Waals surface area (Å²) >= 11 is 0. The predicted molar refractivity (Wildman–Crippen MR) is 253 cm³/mol. The molecule has 0 fully saturated rings. The maximum Gasteiger partial charge on any atom is 0.299 e. The molecule has 0 saturated carbocycles.